The molecule has 1 aromatic rings. The number of benzene rings is 1. The number of amides is 2. The summed E-state index contributed by atoms with van der Waals surface area (Å²) in [6.45, 7) is 11.4. The van der Waals surface area contributed by atoms with Gasteiger partial charge in [0.05, 0.1) is 10.9 Å². The van der Waals surface area contributed by atoms with Crippen LogP contribution >= 0.6 is 11.8 Å². The van der Waals surface area contributed by atoms with Crippen molar-refractivity contribution in [3.63, 3.8) is 0 Å². The third-order valence-corrected chi connectivity index (χ3v) is 7.02. The Morgan fingerprint density at radius 3 is 2.60 bits per heavy atom. The van der Waals surface area contributed by atoms with Crippen LogP contribution in [0.4, 0.5) is 4.39 Å². The minimum absolute atomic E-state index is 0.0335. The summed E-state index contributed by atoms with van der Waals surface area (Å²) in [5.41, 5.74) is 0.0335. The van der Waals surface area contributed by atoms with Crippen LogP contribution in [0.25, 0.3) is 0 Å². The van der Waals surface area contributed by atoms with Gasteiger partial charge in [0.1, 0.15) is 11.9 Å². The maximum atomic E-state index is 14.2. The average Bonchev–Trinajstić information content (AvgIpc) is 3.15. The summed E-state index contributed by atoms with van der Waals surface area (Å²) in [4.78, 5) is 30.1. The van der Waals surface area contributed by atoms with Gasteiger partial charge in [-0.25, -0.2) is 4.39 Å². The van der Waals surface area contributed by atoms with Crippen LogP contribution < -0.4 is 5.32 Å². The molecule has 2 rings (SSSR count). The van der Waals surface area contributed by atoms with Gasteiger partial charge in [-0.1, -0.05) is 39.3 Å². The van der Waals surface area contributed by atoms with Crippen molar-refractivity contribution in [1.82, 2.24) is 15.1 Å². The normalized spacial score (nSPS) is 19.9. The standard InChI is InChI=1S/C23H36FN3O2S/c1-5-11-21-27(23(29)18-13-8-9-14-19(18)24)20(16-30-21)22(28)25-17(4)12-10-15-26(6-2)7-3/h8-9,13-14,17,20-21H,5-7,10-12,15-16H2,1-4H3,(H,25,28). The van der Waals surface area contributed by atoms with Gasteiger partial charge in [-0.05, 0) is 58.0 Å². The Balaban J connectivity index is 2.03. The summed E-state index contributed by atoms with van der Waals surface area (Å²) in [6.07, 6.45) is 3.59. The number of carbonyl (C=O) groups is 2. The second kappa shape index (κ2) is 12.3. The molecular formula is C23H36FN3O2S. The molecule has 1 heterocycles. The first-order chi connectivity index (χ1) is 14.4. The van der Waals surface area contributed by atoms with Crippen LogP contribution in [0.3, 0.4) is 0 Å². The van der Waals surface area contributed by atoms with E-state index in [0.717, 1.165) is 45.3 Å². The van der Waals surface area contributed by atoms with Crippen molar-refractivity contribution in [1.29, 1.82) is 0 Å². The molecule has 0 bridgehead atoms. The molecule has 1 fully saturated rings. The first-order valence-corrected chi connectivity index (χ1v) is 12.2. The summed E-state index contributed by atoms with van der Waals surface area (Å²) < 4.78 is 14.2. The SMILES string of the molecule is CCCC1SCC(C(=O)NC(C)CCCN(CC)CC)N1C(=O)c1ccccc1F. The van der Waals surface area contributed by atoms with Crippen LogP contribution in [0.1, 0.15) is 63.7 Å². The summed E-state index contributed by atoms with van der Waals surface area (Å²) in [5, 5.41) is 2.99. The third kappa shape index (κ3) is 6.45. The summed E-state index contributed by atoms with van der Waals surface area (Å²) >= 11 is 1.61. The Morgan fingerprint density at radius 2 is 1.97 bits per heavy atom. The zero-order valence-electron chi connectivity index (χ0n) is 18.7. The number of hydrogen-bond donors (Lipinski definition) is 1. The molecule has 0 aromatic heterocycles. The summed E-state index contributed by atoms with van der Waals surface area (Å²) in [5.74, 6) is -0.534. The minimum Gasteiger partial charge on any atom is -0.352 e. The van der Waals surface area contributed by atoms with Crippen LogP contribution in [0.5, 0.6) is 0 Å². The molecule has 1 saturated heterocycles. The fourth-order valence-corrected chi connectivity index (χ4v) is 5.38. The number of nitrogens with zero attached hydrogens (tertiary/aromatic N) is 2. The molecule has 5 nitrogen and oxygen atoms in total. The first-order valence-electron chi connectivity index (χ1n) is 11.1. The average molecular weight is 438 g/mol. The van der Waals surface area contributed by atoms with Gasteiger partial charge in [-0.3, -0.25) is 9.59 Å². The highest BCUT2D eigenvalue weighted by molar-refractivity contribution is 8.00. The number of carbonyl (C=O) groups excluding carboxylic acids is 2. The summed E-state index contributed by atoms with van der Waals surface area (Å²) in [7, 11) is 0. The molecule has 2 amide bonds. The molecule has 30 heavy (non-hydrogen) atoms. The highest BCUT2D eigenvalue weighted by Gasteiger charge is 2.42. The lowest BCUT2D eigenvalue weighted by Crippen LogP contribution is -2.51. The third-order valence-electron chi connectivity index (χ3n) is 5.66. The van der Waals surface area contributed by atoms with Gasteiger partial charge >= 0.3 is 0 Å². The maximum Gasteiger partial charge on any atom is 0.258 e. The van der Waals surface area contributed by atoms with Gasteiger partial charge in [0.25, 0.3) is 5.91 Å². The fourth-order valence-electron chi connectivity index (χ4n) is 3.85. The highest BCUT2D eigenvalue weighted by Crippen LogP contribution is 2.34. The molecule has 0 spiro atoms. The van der Waals surface area contributed by atoms with E-state index in [0.29, 0.717) is 5.75 Å². The maximum absolute atomic E-state index is 14.2. The molecule has 3 atom stereocenters. The van der Waals surface area contributed by atoms with Crippen LogP contribution in [0, 0.1) is 5.82 Å². The lowest BCUT2D eigenvalue weighted by molar-refractivity contribution is -0.125. The van der Waals surface area contributed by atoms with Crippen LogP contribution in [-0.2, 0) is 4.79 Å². The van der Waals surface area contributed by atoms with Crippen LogP contribution in [0.2, 0.25) is 0 Å². The van der Waals surface area contributed by atoms with Crippen LogP contribution in [0.15, 0.2) is 24.3 Å². The Labute approximate surface area is 184 Å². The van der Waals surface area contributed by atoms with Crippen molar-refractivity contribution < 1.29 is 14.0 Å². The van der Waals surface area contributed by atoms with Crippen molar-refractivity contribution in [2.45, 2.75) is 70.8 Å². The van der Waals surface area contributed by atoms with E-state index < -0.39 is 17.8 Å². The number of nitrogens with one attached hydrogen (secondary N) is 1. The Kier molecular flexibility index (Phi) is 10.1. The van der Waals surface area contributed by atoms with Crippen molar-refractivity contribution in [2.24, 2.45) is 0 Å². The van der Waals surface area contributed by atoms with Crippen LogP contribution in [-0.4, -0.2) is 64.5 Å². The molecule has 1 N–H and O–H groups in total. The van der Waals surface area contributed by atoms with Gasteiger partial charge in [0, 0.05) is 11.8 Å². The molecule has 0 saturated carbocycles. The van der Waals surface area contributed by atoms with E-state index in [1.165, 1.54) is 12.1 Å². The van der Waals surface area contributed by atoms with E-state index in [-0.39, 0.29) is 22.9 Å². The zero-order valence-corrected chi connectivity index (χ0v) is 19.5. The molecule has 1 aliphatic rings. The van der Waals surface area contributed by atoms with Crippen molar-refractivity contribution >= 4 is 23.6 Å². The summed E-state index contributed by atoms with van der Waals surface area (Å²) in [6, 6.07) is 5.48. The van der Waals surface area contributed by atoms with Crippen molar-refractivity contribution in [2.75, 3.05) is 25.4 Å². The molecular weight excluding hydrogens is 401 g/mol. The molecule has 0 radical (unpaired) electrons. The predicted octanol–water partition coefficient (Wildman–Crippen LogP) is 4.14. The molecule has 1 aromatic carbocycles. The van der Waals surface area contributed by atoms with Gasteiger partial charge < -0.3 is 15.1 Å². The molecule has 0 aliphatic carbocycles. The molecule has 7 heteroatoms. The Bertz CT molecular complexity index is 699. The second-order valence-corrected chi connectivity index (χ2v) is 9.07. The Hall–Kier alpha value is -1.60. The number of rotatable bonds is 11. The van der Waals surface area contributed by atoms with E-state index in [1.807, 2.05) is 6.92 Å². The van der Waals surface area contributed by atoms with E-state index in [4.69, 9.17) is 0 Å². The van der Waals surface area contributed by atoms with E-state index in [1.54, 1.807) is 28.8 Å². The van der Waals surface area contributed by atoms with E-state index >= 15 is 0 Å². The lowest BCUT2D eigenvalue weighted by atomic mass is 10.1. The minimum atomic E-state index is -0.566. The second-order valence-electron chi connectivity index (χ2n) is 7.86. The monoisotopic (exact) mass is 437 g/mol. The number of halogens is 1. The number of hydrogen-bond acceptors (Lipinski definition) is 4. The topological polar surface area (TPSA) is 52.7 Å². The smallest absolute Gasteiger partial charge is 0.258 e. The highest BCUT2D eigenvalue weighted by atomic mass is 32.2. The zero-order chi connectivity index (χ0) is 22.1. The largest absolute Gasteiger partial charge is 0.352 e. The Morgan fingerprint density at radius 1 is 1.27 bits per heavy atom. The van der Waals surface area contributed by atoms with E-state index in [2.05, 4.69) is 31.0 Å². The van der Waals surface area contributed by atoms with Gasteiger partial charge in [0.2, 0.25) is 5.91 Å². The quantitative estimate of drug-likeness (QED) is 0.565. The van der Waals surface area contributed by atoms with Crippen molar-refractivity contribution in [3.05, 3.63) is 35.6 Å². The lowest BCUT2D eigenvalue weighted by Gasteiger charge is -2.30. The molecule has 3 unspecified atom stereocenters. The molecule has 168 valence electrons. The van der Waals surface area contributed by atoms with Crippen molar-refractivity contribution in [3.8, 4) is 0 Å². The van der Waals surface area contributed by atoms with Gasteiger partial charge in [-0.2, -0.15) is 0 Å². The van der Waals surface area contributed by atoms with Gasteiger partial charge in [0.15, 0.2) is 0 Å². The predicted molar refractivity (Wildman–Crippen MR) is 122 cm³/mol. The fraction of sp³-hybridized carbons (Fsp3) is 0.652. The first kappa shape index (κ1) is 24.7. The van der Waals surface area contributed by atoms with E-state index in [9.17, 15) is 14.0 Å². The van der Waals surface area contributed by atoms with Gasteiger partial charge in [-0.15, -0.1) is 11.8 Å². The number of thioether (sulfide) groups is 1. The molecule has 1 aliphatic heterocycles.